The minimum Gasteiger partial charge on any atom is -0.490 e. The minimum absolute atomic E-state index is 0.280. The molecule has 6 nitrogen and oxygen atoms in total. The fraction of sp³-hybridized carbons (Fsp3) is 0.529. The SMILES string of the molecule is CCCOc1ccc(C(=O)N2CCCC2C(=O)O)cc1OCC. The largest absolute Gasteiger partial charge is 0.490 e. The second-order valence-electron chi connectivity index (χ2n) is 5.44. The number of carbonyl (C=O) groups excluding carboxylic acids is 1. The standard InChI is InChI=1S/C17H23NO5/c1-3-10-23-14-8-7-12(11-15(14)22-4-2)16(19)18-9-5-6-13(18)17(20)21/h7-8,11,13H,3-6,9-10H2,1-2H3,(H,20,21). The molecule has 1 saturated heterocycles. The van der Waals surface area contributed by atoms with Crippen molar-refractivity contribution in [2.45, 2.75) is 39.2 Å². The quantitative estimate of drug-likeness (QED) is 0.835. The number of hydrogen-bond donors (Lipinski definition) is 1. The molecule has 1 aliphatic heterocycles. The third kappa shape index (κ3) is 3.94. The van der Waals surface area contributed by atoms with Crippen molar-refractivity contribution in [3.63, 3.8) is 0 Å². The van der Waals surface area contributed by atoms with Crippen LogP contribution in [0.1, 0.15) is 43.5 Å². The maximum atomic E-state index is 12.6. The van der Waals surface area contributed by atoms with Crippen LogP contribution >= 0.6 is 0 Å². The number of carboxylic acid groups (broad SMARTS) is 1. The summed E-state index contributed by atoms with van der Waals surface area (Å²) in [6.07, 6.45) is 2.08. The van der Waals surface area contributed by atoms with E-state index in [9.17, 15) is 14.7 Å². The van der Waals surface area contributed by atoms with E-state index in [0.717, 1.165) is 6.42 Å². The van der Waals surface area contributed by atoms with Crippen LogP contribution in [-0.4, -0.2) is 47.7 Å². The predicted octanol–water partition coefficient (Wildman–Crippen LogP) is 2.56. The topological polar surface area (TPSA) is 76.1 Å². The third-order valence-electron chi connectivity index (χ3n) is 3.75. The van der Waals surface area contributed by atoms with E-state index in [1.165, 1.54) is 4.90 Å². The summed E-state index contributed by atoms with van der Waals surface area (Å²) in [7, 11) is 0. The van der Waals surface area contributed by atoms with E-state index < -0.39 is 12.0 Å². The van der Waals surface area contributed by atoms with Gasteiger partial charge in [-0.2, -0.15) is 0 Å². The number of nitrogens with zero attached hydrogens (tertiary/aromatic N) is 1. The molecule has 6 heteroatoms. The summed E-state index contributed by atoms with van der Waals surface area (Å²) in [5.41, 5.74) is 0.422. The highest BCUT2D eigenvalue weighted by molar-refractivity contribution is 5.97. The summed E-state index contributed by atoms with van der Waals surface area (Å²) in [4.78, 5) is 25.3. The summed E-state index contributed by atoms with van der Waals surface area (Å²) >= 11 is 0. The Kier molecular flexibility index (Phi) is 5.84. The first-order valence-corrected chi connectivity index (χ1v) is 8.01. The maximum absolute atomic E-state index is 12.6. The number of carbonyl (C=O) groups is 2. The molecular formula is C17H23NO5. The maximum Gasteiger partial charge on any atom is 0.326 e. The van der Waals surface area contributed by atoms with E-state index >= 15 is 0 Å². The van der Waals surface area contributed by atoms with Crippen molar-refractivity contribution in [3.05, 3.63) is 23.8 Å². The van der Waals surface area contributed by atoms with Crippen LogP contribution in [-0.2, 0) is 4.79 Å². The molecule has 0 saturated carbocycles. The molecule has 1 atom stereocenters. The lowest BCUT2D eigenvalue weighted by Crippen LogP contribution is -2.40. The van der Waals surface area contributed by atoms with Crippen molar-refractivity contribution in [3.8, 4) is 11.5 Å². The summed E-state index contributed by atoms with van der Waals surface area (Å²) in [5.74, 6) is -0.124. The molecule has 1 heterocycles. The Labute approximate surface area is 136 Å². The summed E-state index contributed by atoms with van der Waals surface area (Å²) in [6, 6.07) is 4.26. The molecule has 1 N–H and O–H groups in total. The van der Waals surface area contributed by atoms with Crippen molar-refractivity contribution in [1.29, 1.82) is 0 Å². The lowest BCUT2D eigenvalue weighted by Gasteiger charge is -2.22. The smallest absolute Gasteiger partial charge is 0.326 e. The number of likely N-dealkylation sites (tertiary alicyclic amines) is 1. The number of rotatable bonds is 7. The van der Waals surface area contributed by atoms with E-state index in [4.69, 9.17) is 9.47 Å². The second kappa shape index (κ2) is 7.85. The van der Waals surface area contributed by atoms with Crippen LogP contribution < -0.4 is 9.47 Å². The van der Waals surface area contributed by atoms with Gasteiger partial charge in [-0.3, -0.25) is 4.79 Å². The number of amides is 1. The lowest BCUT2D eigenvalue weighted by molar-refractivity contribution is -0.141. The Bertz CT molecular complexity index is 572. The van der Waals surface area contributed by atoms with Crippen LogP contribution in [0.15, 0.2) is 18.2 Å². The van der Waals surface area contributed by atoms with Gasteiger partial charge in [-0.05, 0) is 44.4 Å². The molecule has 1 aromatic rings. The van der Waals surface area contributed by atoms with Crippen LogP contribution in [0.4, 0.5) is 0 Å². The van der Waals surface area contributed by atoms with Gasteiger partial charge in [0.2, 0.25) is 0 Å². The van der Waals surface area contributed by atoms with Crippen LogP contribution in [0, 0.1) is 0 Å². The Balaban J connectivity index is 2.23. The molecule has 0 radical (unpaired) electrons. The van der Waals surface area contributed by atoms with E-state index in [2.05, 4.69) is 0 Å². The van der Waals surface area contributed by atoms with Crippen molar-refractivity contribution in [2.24, 2.45) is 0 Å². The number of hydrogen-bond acceptors (Lipinski definition) is 4. The van der Waals surface area contributed by atoms with Gasteiger partial charge in [0.05, 0.1) is 13.2 Å². The number of benzene rings is 1. The van der Waals surface area contributed by atoms with Gasteiger partial charge in [0, 0.05) is 12.1 Å². The Morgan fingerprint density at radius 1 is 1.26 bits per heavy atom. The molecule has 0 aromatic heterocycles. The van der Waals surface area contributed by atoms with Gasteiger partial charge in [0.25, 0.3) is 5.91 Å². The normalized spacial score (nSPS) is 17.1. The molecule has 126 valence electrons. The van der Waals surface area contributed by atoms with Crippen LogP contribution in [0.3, 0.4) is 0 Å². The molecule has 0 spiro atoms. The van der Waals surface area contributed by atoms with Crippen LogP contribution in [0.5, 0.6) is 11.5 Å². The third-order valence-corrected chi connectivity index (χ3v) is 3.75. The highest BCUT2D eigenvalue weighted by atomic mass is 16.5. The predicted molar refractivity (Wildman–Crippen MR) is 85.1 cm³/mol. The zero-order chi connectivity index (χ0) is 16.8. The first-order valence-electron chi connectivity index (χ1n) is 8.01. The molecule has 23 heavy (non-hydrogen) atoms. The first kappa shape index (κ1) is 17.1. The molecule has 1 amide bonds. The molecule has 1 aliphatic rings. The molecular weight excluding hydrogens is 298 g/mol. The van der Waals surface area contributed by atoms with Crippen molar-refractivity contribution < 1.29 is 24.2 Å². The van der Waals surface area contributed by atoms with Crippen LogP contribution in [0.2, 0.25) is 0 Å². The molecule has 0 bridgehead atoms. The number of carboxylic acids is 1. The Morgan fingerprint density at radius 2 is 2.04 bits per heavy atom. The van der Waals surface area contributed by atoms with Gasteiger partial charge in [0.1, 0.15) is 6.04 Å². The van der Waals surface area contributed by atoms with Gasteiger partial charge >= 0.3 is 5.97 Å². The van der Waals surface area contributed by atoms with Gasteiger partial charge in [-0.1, -0.05) is 6.92 Å². The van der Waals surface area contributed by atoms with E-state index in [-0.39, 0.29) is 5.91 Å². The molecule has 2 rings (SSSR count). The minimum atomic E-state index is -0.955. The summed E-state index contributed by atoms with van der Waals surface area (Å²) in [6.45, 7) is 5.37. The van der Waals surface area contributed by atoms with Crippen molar-refractivity contribution >= 4 is 11.9 Å². The molecule has 1 unspecified atom stereocenters. The highest BCUT2D eigenvalue weighted by Gasteiger charge is 2.34. The van der Waals surface area contributed by atoms with Gasteiger partial charge in [0.15, 0.2) is 11.5 Å². The monoisotopic (exact) mass is 321 g/mol. The van der Waals surface area contributed by atoms with Crippen LogP contribution in [0.25, 0.3) is 0 Å². The number of ether oxygens (including phenoxy) is 2. The zero-order valence-electron chi connectivity index (χ0n) is 13.6. The average molecular weight is 321 g/mol. The van der Waals surface area contributed by atoms with Crippen molar-refractivity contribution in [2.75, 3.05) is 19.8 Å². The highest BCUT2D eigenvalue weighted by Crippen LogP contribution is 2.30. The summed E-state index contributed by atoms with van der Waals surface area (Å²) < 4.78 is 11.2. The Hall–Kier alpha value is -2.24. The second-order valence-corrected chi connectivity index (χ2v) is 5.44. The average Bonchev–Trinajstić information content (AvgIpc) is 3.03. The molecule has 1 aromatic carbocycles. The van der Waals surface area contributed by atoms with Gasteiger partial charge in [-0.15, -0.1) is 0 Å². The number of aliphatic carboxylic acids is 1. The van der Waals surface area contributed by atoms with Gasteiger partial charge < -0.3 is 19.5 Å². The fourth-order valence-electron chi connectivity index (χ4n) is 2.67. The first-order chi connectivity index (χ1) is 11.1. The van der Waals surface area contributed by atoms with Gasteiger partial charge in [-0.25, -0.2) is 4.79 Å². The van der Waals surface area contributed by atoms with E-state index in [0.29, 0.717) is 49.7 Å². The van der Waals surface area contributed by atoms with Crippen molar-refractivity contribution in [1.82, 2.24) is 4.90 Å². The Morgan fingerprint density at radius 3 is 2.70 bits per heavy atom. The van der Waals surface area contributed by atoms with E-state index in [1.54, 1.807) is 18.2 Å². The van der Waals surface area contributed by atoms with E-state index in [1.807, 2.05) is 13.8 Å². The molecule has 1 fully saturated rings. The summed E-state index contributed by atoms with van der Waals surface area (Å²) in [5, 5.41) is 9.22. The fourth-order valence-corrected chi connectivity index (χ4v) is 2.67. The molecule has 0 aliphatic carbocycles. The lowest BCUT2D eigenvalue weighted by atomic mass is 10.1. The zero-order valence-corrected chi connectivity index (χ0v) is 13.6.